The van der Waals surface area contributed by atoms with Gasteiger partial charge in [0.1, 0.15) is 11.8 Å². The summed E-state index contributed by atoms with van der Waals surface area (Å²) in [5.41, 5.74) is 2.64. The summed E-state index contributed by atoms with van der Waals surface area (Å²) in [6.45, 7) is 2.08. The second-order valence-electron chi connectivity index (χ2n) is 9.95. The number of rotatable bonds is 6. The molecule has 4 aromatic carbocycles. The maximum atomic E-state index is 14.4. The van der Waals surface area contributed by atoms with Crippen LogP contribution in [0.3, 0.4) is 0 Å². The zero-order valence-electron chi connectivity index (χ0n) is 23.4. The van der Waals surface area contributed by atoms with E-state index in [1.54, 1.807) is 24.7 Å². The van der Waals surface area contributed by atoms with Gasteiger partial charge in [-0.1, -0.05) is 78.1 Å². The molecule has 0 amide bonds. The van der Waals surface area contributed by atoms with Gasteiger partial charge in [0.05, 0.1) is 29.5 Å². The molecule has 0 N–H and O–H groups in total. The quantitative estimate of drug-likeness (QED) is 0.264. The van der Waals surface area contributed by atoms with E-state index in [9.17, 15) is 9.59 Å². The predicted molar refractivity (Wildman–Crippen MR) is 164 cm³/mol. The van der Waals surface area contributed by atoms with E-state index in [1.807, 2.05) is 84.9 Å². The summed E-state index contributed by atoms with van der Waals surface area (Å²) >= 11 is 1.26. The van der Waals surface area contributed by atoms with Crippen molar-refractivity contribution in [2.45, 2.75) is 13.0 Å². The first-order valence-electron chi connectivity index (χ1n) is 13.8. The van der Waals surface area contributed by atoms with Gasteiger partial charge in [-0.25, -0.2) is 9.79 Å². The third kappa shape index (κ3) is 4.58. The van der Waals surface area contributed by atoms with Crippen LogP contribution in [-0.2, 0) is 9.53 Å². The smallest absolute Gasteiger partial charge is 0.338 e. The van der Waals surface area contributed by atoms with Gasteiger partial charge in [-0.3, -0.25) is 9.36 Å². The minimum Gasteiger partial charge on any atom is -0.496 e. The number of hydrogen-bond donors (Lipinski definition) is 0. The molecular formula is C34H26N2O6S. The average molecular weight is 591 g/mol. The van der Waals surface area contributed by atoms with E-state index >= 15 is 0 Å². The molecule has 0 bridgehead atoms. The molecule has 1 aromatic heterocycles. The molecule has 43 heavy (non-hydrogen) atoms. The van der Waals surface area contributed by atoms with E-state index in [0.717, 1.165) is 21.9 Å². The lowest BCUT2D eigenvalue weighted by atomic mass is 9.89. The lowest BCUT2D eigenvalue weighted by Crippen LogP contribution is -2.40. The summed E-state index contributed by atoms with van der Waals surface area (Å²) in [7, 11) is 1.59. The Hall–Kier alpha value is -5.15. The van der Waals surface area contributed by atoms with Crippen LogP contribution in [0.2, 0.25) is 0 Å². The SMILES string of the molecule is CCOC(=O)C1=C(c2ccccc2)N=c2sc(=Cc3ccc4c(c3)OCO4)c(=O)n2C1c1c(OC)ccc2ccccc12. The largest absolute Gasteiger partial charge is 0.496 e. The topological polar surface area (TPSA) is 88.4 Å². The van der Waals surface area contributed by atoms with E-state index in [1.165, 1.54) is 11.3 Å². The Balaban J connectivity index is 1.57. The van der Waals surface area contributed by atoms with E-state index in [0.29, 0.717) is 37.8 Å². The monoisotopic (exact) mass is 590 g/mol. The van der Waals surface area contributed by atoms with Crippen LogP contribution in [0.1, 0.15) is 29.7 Å². The Bertz CT molecular complexity index is 2110. The highest BCUT2D eigenvalue weighted by Crippen LogP contribution is 2.42. The molecule has 1 atom stereocenters. The molecule has 7 rings (SSSR count). The van der Waals surface area contributed by atoms with Crippen molar-refractivity contribution < 1.29 is 23.7 Å². The van der Waals surface area contributed by atoms with Crippen molar-refractivity contribution in [3.8, 4) is 17.2 Å². The van der Waals surface area contributed by atoms with Gasteiger partial charge in [0.15, 0.2) is 16.3 Å². The Morgan fingerprint density at radius 2 is 1.81 bits per heavy atom. The van der Waals surface area contributed by atoms with Gasteiger partial charge >= 0.3 is 5.97 Å². The minimum atomic E-state index is -0.870. The normalized spacial score (nSPS) is 15.8. The number of esters is 1. The number of fused-ring (bicyclic) bond motifs is 3. The molecule has 214 valence electrons. The standard InChI is InChI=1S/C34H26N2O6S/c1-3-40-33(38)29-30(22-10-5-4-6-11-22)35-34-36(31(29)28-23-12-8-7-9-21(23)14-16-25(28)39-2)32(37)27(43-34)18-20-13-15-24-26(17-20)42-19-41-24/h4-18,31H,3,19H2,1-2H3. The number of nitrogens with zero attached hydrogens (tertiary/aromatic N) is 2. The Morgan fingerprint density at radius 3 is 2.63 bits per heavy atom. The molecule has 0 fully saturated rings. The van der Waals surface area contributed by atoms with E-state index in [2.05, 4.69) is 0 Å². The summed E-state index contributed by atoms with van der Waals surface area (Å²) < 4.78 is 24.5. The van der Waals surface area contributed by atoms with E-state index < -0.39 is 12.0 Å². The highest BCUT2D eigenvalue weighted by atomic mass is 32.1. The van der Waals surface area contributed by atoms with Crippen molar-refractivity contribution in [2.75, 3.05) is 20.5 Å². The summed E-state index contributed by atoms with van der Waals surface area (Å²) in [6.07, 6.45) is 1.80. The van der Waals surface area contributed by atoms with Crippen LogP contribution < -0.4 is 29.1 Å². The Labute approximate surface area is 250 Å². The molecule has 9 heteroatoms. The number of methoxy groups -OCH3 is 1. The van der Waals surface area contributed by atoms with Gasteiger partial charge in [0.25, 0.3) is 5.56 Å². The zero-order valence-corrected chi connectivity index (χ0v) is 24.2. The first kappa shape index (κ1) is 26.7. The van der Waals surface area contributed by atoms with Crippen LogP contribution in [0.5, 0.6) is 17.2 Å². The summed E-state index contributed by atoms with van der Waals surface area (Å²) in [4.78, 5) is 33.7. The fraction of sp³-hybridized carbons (Fsp3) is 0.147. The molecular weight excluding hydrogens is 564 g/mol. The van der Waals surface area contributed by atoms with Crippen molar-refractivity contribution in [3.63, 3.8) is 0 Å². The third-order valence-corrected chi connectivity index (χ3v) is 8.48. The van der Waals surface area contributed by atoms with E-state index in [4.69, 9.17) is 23.9 Å². The summed E-state index contributed by atoms with van der Waals surface area (Å²) in [5, 5.41) is 1.80. The van der Waals surface area contributed by atoms with Crippen LogP contribution in [0, 0.1) is 0 Å². The van der Waals surface area contributed by atoms with Crippen LogP contribution in [-0.4, -0.2) is 31.0 Å². The lowest BCUT2D eigenvalue weighted by molar-refractivity contribution is -0.138. The first-order chi connectivity index (χ1) is 21.1. The van der Waals surface area contributed by atoms with Crippen molar-refractivity contribution in [1.82, 2.24) is 4.57 Å². The molecule has 0 spiro atoms. The molecule has 8 nitrogen and oxygen atoms in total. The minimum absolute atomic E-state index is 0.159. The first-order valence-corrected chi connectivity index (χ1v) is 14.6. The zero-order chi connectivity index (χ0) is 29.5. The molecule has 0 radical (unpaired) electrons. The van der Waals surface area contributed by atoms with Crippen LogP contribution in [0.4, 0.5) is 0 Å². The maximum Gasteiger partial charge on any atom is 0.338 e. The maximum absolute atomic E-state index is 14.4. The van der Waals surface area contributed by atoms with Gasteiger partial charge in [-0.15, -0.1) is 0 Å². The number of carbonyl (C=O) groups is 1. The van der Waals surface area contributed by atoms with Crippen molar-refractivity contribution >= 4 is 39.9 Å². The fourth-order valence-electron chi connectivity index (χ4n) is 5.60. The highest BCUT2D eigenvalue weighted by molar-refractivity contribution is 7.07. The van der Waals surface area contributed by atoms with Gasteiger partial charge in [-0.05, 0) is 47.5 Å². The highest BCUT2D eigenvalue weighted by Gasteiger charge is 2.37. The molecule has 0 aliphatic carbocycles. The van der Waals surface area contributed by atoms with Gasteiger partial charge < -0.3 is 18.9 Å². The van der Waals surface area contributed by atoms with Crippen LogP contribution in [0.25, 0.3) is 22.5 Å². The number of hydrogen-bond acceptors (Lipinski definition) is 8. The van der Waals surface area contributed by atoms with Crippen molar-refractivity contribution in [1.29, 1.82) is 0 Å². The molecule has 3 heterocycles. The molecule has 2 aliphatic heterocycles. The van der Waals surface area contributed by atoms with E-state index in [-0.39, 0.29) is 24.5 Å². The molecule has 0 saturated heterocycles. The third-order valence-electron chi connectivity index (χ3n) is 7.49. The fourth-order valence-corrected chi connectivity index (χ4v) is 6.60. The van der Waals surface area contributed by atoms with Crippen LogP contribution in [0.15, 0.2) is 100 Å². The molecule has 0 saturated carbocycles. The van der Waals surface area contributed by atoms with Gasteiger partial charge in [0.2, 0.25) is 6.79 Å². The number of carbonyl (C=O) groups excluding carboxylic acids is 1. The lowest BCUT2D eigenvalue weighted by Gasteiger charge is -2.28. The van der Waals surface area contributed by atoms with Crippen molar-refractivity contribution in [2.24, 2.45) is 4.99 Å². The Morgan fingerprint density at radius 1 is 1.02 bits per heavy atom. The molecule has 2 aliphatic rings. The average Bonchev–Trinajstić information content (AvgIpc) is 3.63. The number of ether oxygens (including phenoxy) is 4. The number of thiazole rings is 1. The number of benzene rings is 4. The molecule has 5 aromatic rings. The van der Waals surface area contributed by atoms with Gasteiger partial charge in [0, 0.05) is 11.1 Å². The number of aromatic nitrogens is 1. The second-order valence-corrected chi connectivity index (χ2v) is 11.0. The summed E-state index contributed by atoms with van der Waals surface area (Å²) in [6, 6.07) is 25.8. The van der Waals surface area contributed by atoms with Crippen LogP contribution >= 0.6 is 11.3 Å². The second kappa shape index (κ2) is 10.9. The van der Waals surface area contributed by atoms with Gasteiger partial charge in [-0.2, -0.15) is 0 Å². The predicted octanol–water partition coefficient (Wildman–Crippen LogP) is 4.83. The Kier molecular flexibility index (Phi) is 6.79. The molecule has 1 unspecified atom stereocenters. The summed E-state index contributed by atoms with van der Waals surface area (Å²) in [5.74, 6) is 1.28. The van der Waals surface area contributed by atoms with Crippen molar-refractivity contribution in [3.05, 3.63) is 127 Å².